The van der Waals surface area contributed by atoms with Gasteiger partial charge in [0.15, 0.2) is 12.2 Å². The first kappa shape index (κ1) is 109. The van der Waals surface area contributed by atoms with Crippen LogP contribution in [0.4, 0.5) is 0 Å². The Balaban J connectivity index is 5.24. The summed E-state index contributed by atoms with van der Waals surface area (Å²) in [6.45, 7) is 12.2. The van der Waals surface area contributed by atoms with Crippen molar-refractivity contribution in [1.29, 1.82) is 0 Å². The molecule has 111 heavy (non-hydrogen) atoms. The van der Waals surface area contributed by atoms with Crippen molar-refractivity contribution in [2.75, 3.05) is 39.6 Å². The Morgan fingerprint density at radius 1 is 0.261 bits per heavy atom. The van der Waals surface area contributed by atoms with Crippen molar-refractivity contribution in [3.63, 3.8) is 0 Å². The minimum Gasteiger partial charge on any atom is -0.462 e. The van der Waals surface area contributed by atoms with E-state index >= 15 is 0 Å². The number of ether oxygens (including phenoxy) is 4. The van der Waals surface area contributed by atoms with Crippen molar-refractivity contribution in [3.8, 4) is 0 Å². The van der Waals surface area contributed by atoms with Crippen molar-refractivity contribution in [2.45, 2.75) is 510 Å². The number of carbonyl (C=O) groups is 4. The summed E-state index contributed by atoms with van der Waals surface area (Å²) in [4.78, 5) is 73.4. The van der Waals surface area contributed by atoms with E-state index in [0.29, 0.717) is 25.7 Å². The summed E-state index contributed by atoms with van der Waals surface area (Å²) in [6.07, 6.45) is 74.9. The second-order valence-electron chi connectivity index (χ2n) is 34.0. The molecule has 0 aromatic rings. The van der Waals surface area contributed by atoms with E-state index in [9.17, 15) is 43.2 Å². The summed E-state index contributed by atoms with van der Waals surface area (Å²) >= 11 is 0. The lowest BCUT2D eigenvalue weighted by Gasteiger charge is -2.21. The third-order valence-corrected chi connectivity index (χ3v) is 24.3. The Morgan fingerprint density at radius 2 is 0.459 bits per heavy atom. The predicted molar refractivity (Wildman–Crippen MR) is 460 cm³/mol. The molecule has 0 aromatic carbocycles. The van der Waals surface area contributed by atoms with E-state index in [4.69, 9.17) is 37.0 Å². The number of phosphoric ester groups is 2. The van der Waals surface area contributed by atoms with E-state index in [0.717, 1.165) is 108 Å². The molecule has 0 rings (SSSR count). The number of aliphatic hydroxyl groups excluding tert-OH is 1. The number of aliphatic hydroxyl groups is 1. The Labute approximate surface area is 683 Å². The molecule has 7 atom stereocenters. The Hall–Kier alpha value is -1.94. The van der Waals surface area contributed by atoms with E-state index in [1.165, 1.54) is 302 Å². The van der Waals surface area contributed by atoms with Gasteiger partial charge < -0.3 is 33.8 Å². The quantitative estimate of drug-likeness (QED) is 0.0222. The van der Waals surface area contributed by atoms with Gasteiger partial charge in [0.05, 0.1) is 26.4 Å². The normalized spacial score (nSPS) is 14.3. The van der Waals surface area contributed by atoms with Gasteiger partial charge in [-0.3, -0.25) is 37.3 Å². The maximum atomic E-state index is 13.2. The third-order valence-electron chi connectivity index (χ3n) is 22.4. The highest BCUT2D eigenvalue weighted by Gasteiger charge is 2.31. The van der Waals surface area contributed by atoms with Gasteiger partial charge in [0.1, 0.15) is 19.3 Å². The second kappa shape index (κ2) is 81.8. The maximum Gasteiger partial charge on any atom is 0.472 e. The van der Waals surface area contributed by atoms with Crippen molar-refractivity contribution in [3.05, 3.63) is 0 Å². The summed E-state index contributed by atoms with van der Waals surface area (Å²) in [6, 6.07) is 0. The number of carbonyl (C=O) groups excluding carboxylic acids is 4. The van der Waals surface area contributed by atoms with Crippen LogP contribution in [0.5, 0.6) is 0 Å². The highest BCUT2D eigenvalue weighted by molar-refractivity contribution is 7.47. The van der Waals surface area contributed by atoms with E-state index in [-0.39, 0.29) is 25.7 Å². The molecule has 0 aromatic heterocycles. The SMILES string of the molecule is CCCCCCCCCCCCCCC(=O)OC[C@H](COP(=O)(O)OC[C@H](O)COP(=O)(O)OC[C@@H](COC(=O)CCCCCCCCCCCCCCCCCCCCC(C)CC)OC(=O)CCCCCCCCCCCCCCCCCCCCC(C)CC)OC(=O)CCCCCCCCCCCCCCC(C)C. The Morgan fingerprint density at radius 3 is 0.685 bits per heavy atom. The van der Waals surface area contributed by atoms with Crippen molar-refractivity contribution in [2.24, 2.45) is 17.8 Å². The van der Waals surface area contributed by atoms with Crippen LogP contribution in [0.15, 0.2) is 0 Å². The largest absolute Gasteiger partial charge is 0.472 e. The number of phosphoric acid groups is 2. The molecule has 0 aliphatic rings. The minimum absolute atomic E-state index is 0.107. The Kier molecular flexibility index (Phi) is 80.4. The van der Waals surface area contributed by atoms with Gasteiger partial charge in [-0.1, -0.05) is 440 Å². The second-order valence-corrected chi connectivity index (χ2v) is 36.9. The first-order chi connectivity index (χ1) is 53.8. The van der Waals surface area contributed by atoms with Crippen LogP contribution in [0, 0.1) is 17.8 Å². The van der Waals surface area contributed by atoms with Crippen LogP contribution in [-0.2, 0) is 65.4 Å². The van der Waals surface area contributed by atoms with E-state index in [1.54, 1.807) is 0 Å². The predicted octanol–water partition coefficient (Wildman–Crippen LogP) is 28.4. The van der Waals surface area contributed by atoms with Crippen molar-refractivity contribution >= 4 is 39.5 Å². The first-order valence-electron chi connectivity index (χ1n) is 47.4. The van der Waals surface area contributed by atoms with E-state index in [2.05, 4.69) is 48.5 Å². The Bertz CT molecular complexity index is 2130. The zero-order chi connectivity index (χ0) is 81.5. The molecule has 0 heterocycles. The summed E-state index contributed by atoms with van der Waals surface area (Å²) < 4.78 is 69.1. The smallest absolute Gasteiger partial charge is 0.462 e. The summed E-state index contributed by atoms with van der Waals surface area (Å²) in [5, 5.41) is 10.7. The molecule has 0 aliphatic carbocycles. The lowest BCUT2D eigenvalue weighted by Crippen LogP contribution is -2.30. The lowest BCUT2D eigenvalue weighted by molar-refractivity contribution is -0.161. The van der Waals surface area contributed by atoms with E-state index in [1.807, 2.05) is 0 Å². The fraction of sp³-hybridized carbons (Fsp3) is 0.957. The van der Waals surface area contributed by atoms with Gasteiger partial charge in [0, 0.05) is 25.7 Å². The first-order valence-corrected chi connectivity index (χ1v) is 50.4. The zero-order valence-corrected chi connectivity index (χ0v) is 75.2. The zero-order valence-electron chi connectivity index (χ0n) is 73.4. The molecule has 19 heteroatoms. The molecular formula is C92H180O17P2. The van der Waals surface area contributed by atoms with Gasteiger partial charge in [-0.2, -0.15) is 0 Å². The minimum atomic E-state index is -4.97. The topological polar surface area (TPSA) is 237 Å². The molecule has 0 spiro atoms. The van der Waals surface area contributed by atoms with Crippen LogP contribution >= 0.6 is 15.6 Å². The molecule has 3 N–H and O–H groups in total. The monoisotopic (exact) mass is 1620 g/mol. The molecule has 4 unspecified atom stereocenters. The molecule has 0 radical (unpaired) electrons. The molecular weight excluding hydrogens is 1440 g/mol. The summed E-state index contributed by atoms with van der Waals surface area (Å²) in [5.41, 5.74) is 0. The fourth-order valence-electron chi connectivity index (χ4n) is 14.4. The molecule has 0 aliphatic heterocycles. The highest BCUT2D eigenvalue weighted by Crippen LogP contribution is 2.45. The number of rotatable bonds is 90. The van der Waals surface area contributed by atoms with Gasteiger partial charge in [0.25, 0.3) is 0 Å². The van der Waals surface area contributed by atoms with Crippen LogP contribution in [0.1, 0.15) is 492 Å². The van der Waals surface area contributed by atoms with Gasteiger partial charge in [-0.05, 0) is 43.4 Å². The van der Waals surface area contributed by atoms with Gasteiger partial charge in [0.2, 0.25) is 0 Å². The number of esters is 4. The van der Waals surface area contributed by atoms with Crippen LogP contribution < -0.4 is 0 Å². The third kappa shape index (κ3) is 82.9. The average molecular weight is 1620 g/mol. The average Bonchev–Trinajstić information content (AvgIpc) is 0.898. The van der Waals surface area contributed by atoms with Crippen LogP contribution in [0.2, 0.25) is 0 Å². The molecule has 0 bridgehead atoms. The highest BCUT2D eigenvalue weighted by atomic mass is 31.2. The van der Waals surface area contributed by atoms with E-state index < -0.39 is 97.5 Å². The van der Waals surface area contributed by atoms with Gasteiger partial charge in [-0.15, -0.1) is 0 Å². The van der Waals surface area contributed by atoms with Crippen LogP contribution in [0.25, 0.3) is 0 Å². The van der Waals surface area contributed by atoms with Crippen molar-refractivity contribution < 1.29 is 80.2 Å². The number of unbranched alkanes of at least 4 members (excludes halogenated alkanes) is 56. The molecule has 0 fully saturated rings. The molecule has 660 valence electrons. The summed E-state index contributed by atoms with van der Waals surface area (Å²) in [7, 11) is -9.94. The van der Waals surface area contributed by atoms with Crippen molar-refractivity contribution in [1.82, 2.24) is 0 Å². The summed E-state index contributed by atoms with van der Waals surface area (Å²) in [5.74, 6) is 0.425. The standard InChI is InChI=1S/C92H180O17P2/c1-8-11-12-13-14-15-16-38-45-52-59-66-73-89(94)102-79-87(109-92(97)76-69-62-55-48-41-34-33-35-42-49-56-63-70-83(4)5)81-106-110(98,99)104-77-86(93)78-105-111(100,101)107-82-88(108-91(96)75-68-61-54-47-40-32-28-24-20-18-22-26-30-37-44-51-58-65-72-85(7)10-3)80-103-90(95)74-67-60-53-46-39-31-27-23-19-17-21-25-29-36-43-50-57-64-71-84(6)9-2/h83-88,93H,8-82H2,1-7H3,(H,98,99)(H,100,101)/t84?,85?,86-,87+,88+/m0/s1. The molecule has 0 saturated carbocycles. The maximum absolute atomic E-state index is 13.2. The number of hydrogen-bond acceptors (Lipinski definition) is 15. The van der Waals surface area contributed by atoms with Crippen LogP contribution in [-0.4, -0.2) is 96.7 Å². The lowest BCUT2D eigenvalue weighted by atomic mass is 9.99. The fourth-order valence-corrected chi connectivity index (χ4v) is 15.9. The van der Waals surface area contributed by atoms with Crippen LogP contribution in [0.3, 0.4) is 0 Å². The molecule has 0 amide bonds. The van der Waals surface area contributed by atoms with Gasteiger partial charge >= 0.3 is 39.5 Å². The number of hydrogen-bond donors (Lipinski definition) is 3. The molecule has 17 nitrogen and oxygen atoms in total. The van der Waals surface area contributed by atoms with Gasteiger partial charge in [-0.25, -0.2) is 9.13 Å². The molecule has 0 saturated heterocycles.